The minimum atomic E-state index is 0.132. The van der Waals surface area contributed by atoms with Crippen molar-refractivity contribution in [2.75, 3.05) is 13.7 Å². The molecule has 1 N–H and O–H groups in total. The van der Waals surface area contributed by atoms with Gasteiger partial charge in [0, 0.05) is 24.4 Å². The Bertz CT molecular complexity index is 679. The summed E-state index contributed by atoms with van der Waals surface area (Å²) < 4.78 is 5.50. The first-order valence-corrected chi connectivity index (χ1v) is 7.19. The first-order valence-electron chi connectivity index (χ1n) is 7.19. The van der Waals surface area contributed by atoms with Gasteiger partial charge in [0.15, 0.2) is 0 Å². The molecule has 0 aromatic heterocycles. The minimum Gasteiger partial charge on any atom is -0.496 e. The lowest BCUT2D eigenvalue weighted by atomic mass is 9.93. The van der Waals surface area contributed by atoms with Gasteiger partial charge in [-0.2, -0.15) is 0 Å². The summed E-state index contributed by atoms with van der Waals surface area (Å²) in [5.74, 6) is 1.25. The average molecular weight is 281 g/mol. The van der Waals surface area contributed by atoms with Gasteiger partial charge in [-0.15, -0.1) is 0 Å². The fourth-order valence-corrected chi connectivity index (χ4v) is 2.86. The third kappa shape index (κ3) is 2.77. The van der Waals surface area contributed by atoms with Gasteiger partial charge in [0.25, 0.3) is 0 Å². The number of benzene rings is 2. The summed E-state index contributed by atoms with van der Waals surface area (Å²) in [6.45, 7) is 2.80. The van der Waals surface area contributed by atoms with Crippen molar-refractivity contribution in [2.45, 2.75) is 19.3 Å². The van der Waals surface area contributed by atoms with Crippen LogP contribution >= 0.6 is 0 Å². The van der Waals surface area contributed by atoms with Gasteiger partial charge in [-0.05, 0) is 30.2 Å². The van der Waals surface area contributed by atoms with E-state index in [1.54, 1.807) is 7.11 Å². The predicted molar refractivity (Wildman–Crippen MR) is 83.5 cm³/mol. The Balaban J connectivity index is 2.03. The van der Waals surface area contributed by atoms with E-state index in [9.17, 15) is 4.79 Å². The first kappa shape index (κ1) is 13.7. The van der Waals surface area contributed by atoms with Gasteiger partial charge in [-0.25, -0.2) is 0 Å². The molecule has 1 atom stereocenters. The van der Waals surface area contributed by atoms with E-state index in [0.29, 0.717) is 6.42 Å². The van der Waals surface area contributed by atoms with Crippen LogP contribution in [-0.2, 0) is 4.79 Å². The standard InChI is InChI=1S/C18H19NO2/c1-12-4-3-5-14(8-12)16-9-13(6-7-17(16)21-2)15-10-18(20)19-11-15/h3-9,15H,10-11H2,1-2H3,(H,19,20). The molecule has 1 aliphatic heterocycles. The van der Waals surface area contributed by atoms with Crippen molar-refractivity contribution in [1.29, 1.82) is 0 Å². The summed E-state index contributed by atoms with van der Waals surface area (Å²) in [6.07, 6.45) is 0.569. The average Bonchev–Trinajstić information content (AvgIpc) is 2.93. The first-order chi connectivity index (χ1) is 10.2. The van der Waals surface area contributed by atoms with Gasteiger partial charge < -0.3 is 10.1 Å². The van der Waals surface area contributed by atoms with Crippen molar-refractivity contribution in [2.24, 2.45) is 0 Å². The maximum Gasteiger partial charge on any atom is 0.220 e. The zero-order valence-corrected chi connectivity index (χ0v) is 12.3. The summed E-state index contributed by atoms with van der Waals surface area (Å²) in [5.41, 5.74) is 4.63. The lowest BCUT2D eigenvalue weighted by molar-refractivity contribution is -0.119. The zero-order valence-electron chi connectivity index (χ0n) is 12.3. The van der Waals surface area contributed by atoms with Crippen molar-refractivity contribution in [3.63, 3.8) is 0 Å². The van der Waals surface area contributed by atoms with Crippen molar-refractivity contribution >= 4 is 5.91 Å². The highest BCUT2D eigenvalue weighted by molar-refractivity contribution is 5.80. The van der Waals surface area contributed by atoms with Crippen LogP contribution in [0.3, 0.4) is 0 Å². The number of methoxy groups -OCH3 is 1. The Kier molecular flexibility index (Phi) is 3.65. The molecule has 21 heavy (non-hydrogen) atoms. The summed E-state index contributed by atoms with van der Waals surface area (Å²) in [7, 11) is 1.69. The molecule has 1 saturated heterocycles. The molecule has 0 aliphatic carbocycles. The predicted octanol–water partition coefficient (Wildman–Crippen LogP) is 3.27. The van der Waals surface area contributed by atoms with Crippen LogP contribution in [0.2, 0.25) is 0 Å². The molecule has 1 aliphatic rings. The van der Waals surface area contributed by atoms with E-state index in [4.69, 9.17) is 4.74 Å². The van der Waals surface area contributed by atoms with Crippen LogP contribution in [0.4, 0.5) is 0 Å². The number of rotatable bonds is 3. The molecule has 0 radical (unpaired) electrons. The summed E-state index contributed by atoms with van der Waals surface area (Å²) in [5, 5.41) is 2.89. The van der Waals surface area contributed by atoms with Crippen LogP contribution in [0.5, 0.6) is 5.75 Å². The van der Waals surface area contributed by atoms with Gasteiger partial charge >= 0.3 is 0 Å². The Morgan fingerprint density at radius 3 is 2.71 bits per heavy atom. The number of aryl methyl sites for hydroxylation is 1. The van der Waals surface area contributed by atoms with Crippen molar-refractivity contribution < 1.29 is 9.53 Å². The molecule has 0 saturated carbocycles. The van der Waals surface area contributed by atoms with Crippen molar-refractivity contribution in [1.82, 2.24) is 5.32 Å². The molecule has 0 bridgehead atoms. The molecule has 3 nitrogen and oxygen atoms in total. The molecular formula is C18H19NO2. The van der Waals surface area contributed by atoms with Crippen molar-refractivity contribution in [3.05, 3.63) is 53.6 Å². The van der Waals surface area contributed by atoms with E-state index in [2.05, 4.69) is 48.6 Å². The lowest BCUT2D eigenvalue weighted by Gasteiger charge is -2.14. The van der Waals surface area contributed by atoms with Gasteiger partial charge in [0.1, 0.15) is 5.75 Å². The Hall–Kier alpha value is -2.29. The van der Waals surface area contributed by atoms with E-state index in [1.807, 2.05) is 6.07 Å². The smallest absolute Gasteiger partial charge is 0.220 e. The molecule has 0 spiro atoms. The molecule has 108 valence electrons. The molecule has 2 aromatic carbocycles. The SMILES string of the molecule is COc1ccc(C2CNC(=O)C2)cc1-c1cccc(C)c1. The highest BCUT2D eigenvalue weighted by atomic mass is 16.5. The summed E-state index contributed by atoms with van der Waals surface area (Å²) >= 11 is 0. The number of nitrogens with one attached hydrogen (secondary N) is 1. The molecule has 1 fully saturated rings. The van der Waals surface area contributed by atoms with E-state index in [0.717, 1.165) is 23.4 Å². The molecule has 1 amide bonds. The number of amides is 1. The molecule has 1 heterocycles. The topological polar surface area (TPSA) is 38.3 Å². The molecule has 3 rings (SSSR count). The third-order valence-corrected chi connectivity index (χ3v) is 4.00. The van der Waals surface area contributed by atoms with E-state index in [1.165, 1.54) is 11.1 Å². The molecule has 1 unspecified atom stereocenters. The van der Waals surface area contributed by atoms with Crippen LogP contribution in [0.15, 0.2) is 42.5 Å². The van der Waals surface area contributed by atoms with Crippen LogP contribution in [0.25, 0.3) is 11.1 Å². The fraction of sp³-hybridized carbons (Fsp3) is 0.278. The molecular weight excluding hydrogens is 262 g/mol. The molecule has 3 heteroatoms. The van der Waals surface area contributed by atoms with Gasteiger partial charge in [0.05, 0.1) is 7.11 Å². The quantitative estimate of drug-likeness (QED) is 0.937. The maximum atomic E-state index is 11.4. The number of hydrogen-bond acceptors (Lipinski definition) is 2. The second-order valence-corrected chi connectivity index (χ2v) is 5.53. The number of carbonyl (C=O) groups is 1. The monoisotopic (exact) mass is 281 g/mol. The Morgan fingerprint density at radius 1 is 1.19 bits per heavy atom. The third-order valence-electron chi connectivity index (χ3n) is 4.00. The fourth-order valence-electron chi connectivity index (χ4n) is 2.86. The Labute approximate surface area is 124 Å². The van der Waals surface area contributed by atoms with Gasteiger partial charge in [-0.3, -0.25) is 4.79 Å². The summed E-state index contributed by atoms with van der Waals surface area (Å²) in [4.78, 5) is 11.4. The van der Waals surface area contributed by atoms with Gasteiger partial charge in [-0.1, -0.05) is 35.9 Å². The number of ether oxygens (including phenoxy) is 1. The second kappa shape index (κ2) is 5.60. The van der Waals surface area contributed by atoms with E-state index >= 15 is 0 Å². The highest BCUT2D eigenvalue weighted by Gasteiger charge is 2.23. The zero-order chi connectivity index (χ0) is 14.8. The second-order valence-electron chi connectivity index (χ2n) is 5.53. The van der Waals surface area contributed by atoms with E-state index in [-0.39, 0.29) is 11.8 Å². The lowest BCUT2D eigenvalue weighted by Crippen LogP contribution is -2.13. The minimum absolute atomic E-state index is 0.132. The number of carbonyl (C=O) groups excluding carboxylic acids is 1. The maximum absolute atomic E-state index is 11.4. The summed E-state index contributed by atoms with van der Waals surface area (Å²) in [6, 6.07) is 14.6. The van der Waals surface area contributed by atoms with Crippen LogP contribution in [0, 0.1) is 6.92 Å². The van der Waals surface area contributed by atoms with Crippen LogP contribution in [-0.4, -0.2) is 19.6 Å². The van der Waals surface area contributed by atoms with E-state index < -0.39 is 0 Å². The number of hydrogen-bond donors (Lipinski definition) is 1. The van der Waals surface area contributed by atoms with Crippen LogP contribution < -0.4 is 10.1 Å². The Morgan fingerprint density at radius 2 is 2.05 bits per heavy atom. The van der Waals surface area contributed by atoms with Crippen molar-refractivity contribution in [3.8, 4) is 16.9 Å². The van der Waals surface area contributed by atoms with Crippen LogP contribution in [0.1, 0.15) is 23.5 Å². The normalized spacial score (nSPS) is 17.6. The highest BCUT2D eigenvalue weighted by Crippen LogP contribution is 2.34. The molecule has 2 aromatic rings. The van der Waals surface area contributed by atoms with Gasteiger partial charge in [0.2, 0.25) is 5.91 Å². The largest absolute Gasteiger partial charge is 0.496 e.